The third-order valence-corrected chi connectivity index (χ3v) is 4.01. The van der Waals surface area contributed by atoms with Crippen LogP contribution in [0.3, 0.4) is 0 Å². The highest BCUT2D eigenvalue weighted by Gasteiger charge is 2.19. The second kappa shape index (κ2) is 9.99. The van der Waals surface area contributed by atoms with Gasteiger partial charge in [-0.15, -0.1) is 10.2 Å². The summed E-state index contributed by atoms with van der Waals surface area (Å²) in [4.78, 5) is 32.5. The maximum atomic E-state index is 12.6. The summed E-state index contributed by atoms with van der Waals surface area (Å²) in [6, 6.07) is 5.44. The maximum absolute atomic E-state index is 12.6. The van der Waals surface area contributed by atoms with Gasteiger partial charge in [0.1, 0.15) is 5.82 Å². The van der Waals surface area contributed by atoms with Crippen LogP contribution in [0.1, 0.15) is 20.2 Å². The van der Waals surface area contributed by atoms with Gasteiger partial charge in [0.25, 0.3) is 5.91 Å². The second-order valence-electron chi connectivity index (χ2n) is 6.22. The van der Waals surface area contributed by atoms with E-state index in [4.69, 9.17) is 14.1 Å². The van der Waals surface area contributed by atoms with Crippen LogP contribution in [-0.2, 0) is 0 Å². The molecule has 32 heavy (non-hydrogen) atoms. The van der Waals surface area contributed by atoms with Gasteiger partial charge in [-0.1, -0.05) is 0 Å². The molecule has 0 saturated heterocycles. The lowest BCUT2D eigenvalue weighted by molar-refractivity contribution is 0.0958. The van der Waals surface area contributed by atoms with Gasteiger partial charge in [-0.3, -0.25) is 10.0 Å². The minimum atomic E-state index is -2.77. The number of ether oxygens (including phenoxy) is 1. The van der Waals surface area contributed by atoms with Gasteiger partial charge in [0.05, 0.1) is 18.5 Å². The molecule has 0 aromatic carbocycles. The van der Waals surface area contributed by atoms with Crippen LogP contribution in [0.2, 0.25) is 0 Å². The molecule has 3 rings (SSSR count). The van der Waals surface area contributed by atoms with E-state index >= 15 is 0 Å². The van der Waals surface area contributed by atoms with Crippen molar-refractivity contribution in [3.8, 4) is 5.75 Å². The minimum absolute atomic E-state index is 0.0199. The molecule has 166 valence electrons. The molecule has 0 saturated carbocycles. The number of hydroxylamine groups is 1. The Balaban J connectivity index is 2.02. The molecule has 0 bridgehead atoms. The third-order valence-electron chi connectivity index (χ3n) is 4.01. The predicted molar refractivity (Wildman–Crippen MR) is 116 cm³/mol. The number of nitrogens with one attached hydrogen (secondary N) is 5. The zero-order chi connectivity index (χ0) is 25.6. The van der Waals surface area contributed by atoms with Crippen LogP contribution in [0.5, 0.6) is 5.75 Å². The fourth-order valence-electron chi connectivity index (χ4n) is 2.63. The lowest BCUT2D eigenvalue weighted by atomic mass is 10.2. The Morgan fingerprint density at radius 1 is 1.06 bits per heavy atom. The zero-order valence-corrected chi connectivity index (χ0v) is 16.9. The summed E-state index contributed by atoms with van der Waals surface area (Å²) in [6.45, 7) is -0.889. The van der Waals surface area contributed by atoms with Crippen molar-refractivity contribution in [1.29, 1.82) is 0 Å². The largest absolute Gasteiger partial charge is 0.491 e. The number of hydrogen-bond acceptors (Lipinski definition) is 10. The van der Waals surface area contributed by atoms with Crippen molar-refractivity contribution in [2.24, 2.45) is 0 Å². The van der Waals surface area contributed by atoms with Crippen molar-refractivity contribution in [2.75, 3.05) is 30.0 Å². The molecule has 0 aliphatic rings. The smallest absolute Gasteiger partial charge is 0.343 e. The second-order valence-corrected chi connectivity index (χ2v) is 6.22. The monoisotopic (exact) mass is 442 g/mol. The van der Waals surface area contributed by atoms with Gasteiger partial charge in [0.15, 0.2) is 23.1 Å². The van der Waals surface area contributed by atoms with Crippen LogP contribution in [0.15, 0.2) is 36.7 Å². The number of aryl methyl sites for hydroxylation is 1. The highest BCUT2D eigenvalue weighted by molar-refractivity contribution is 5.99. The van der Waals surface area contributed by atoms with Crippen molar-refractivity contribution in [3.05, 3.63) is 47.9 Å². The molecule has 0 fully saturated rings. The maximum Gasteiger partial charge on any atom is 0.343 e. The molecule has 0 atom stereocenters. The molecule has 13 nitrogen and oxygen atoms in total. The van der Waals surface area contributed by atoms with E-state index in [1.165, 1.54) is 30.9 Å². The van der Waals surface area contributed by atoms with Gasteiger partial charge < -0.3 is 26.0 Å². The molecule has 3 aromatic rings. The number of aromatic nitrogens is 4. The number of nitrogens with zero attached hydrogens (tertiary/aromatic N) is 4. The van der Waals surface area contributed by atoms with E-state index in [0.29, 0.717) is 5.82 Å². The Labute approximate surface area is 186 Å². The SMILES string of the molecule is [2H]C([2H])([2H])NC(=O)c1nnc(Nc2cc(C)ccn2)cc1Nc1nccc(NC(=O)NO)c1OC. The summed E-state index contributed by atoms with van der Waals surface area (Å²) in [5.74, 6) is -0.289. The predicted octanol–water partition coefficient (Wildman–Crippen LogP) is 1.94. The quantitative estimate of drug-likeness (QED) is 0.234. The van der Waals surface area contributed by atoms with Crippen molar-refractivity contribution < 1.29 is 23.6 Å². The molecule has 0 unspecified atom stereocenters. The van der Waals surface area contributed by atoms with E-state index in [9.17, 15) is 9.59 Å². The number of hydrogen-bond donors (Lipinski definition) is 6. The molecule has 13 heteroatoms. The van der Waals surface area contributed by atoms with E-state index in [-0.39, 0.29) is 34.5 Å². The van der Waals surface area contributed by atoms with Crippen LogP contribution in [0.25, 0.3) is 0 Å². The summed E-state index contributed by atoms with van der Waals surface area (Å²) >= 11 is 0. The average molecular weight is 442 g/mol. The minimum Gasteiger partial charge on any atom is -0.491 e. The number of carbonyl (C=O) groups excluding carboxylic acids is 2. The van der Waals surface area contributed by atoms with Gasteiger partial charge in [0.2, 0.25) is 0 Å². The number of amides is 3. The van der Waals surface area contributed by atoms with Gasteiger partial charge in [0, 0.05) is 29.5 Å². The Morgan fingerprint density at radius 2 is 1.88 bits per heavy atom. The van der Waals surface area contributed by atoms with E-state index in [2.05, 4.69) is 36.1 Å². The van der Waals surface area contributed by atoms with Crippen LogP contribution in [-0.4, -0.2) is 51.4 Å². The highest BCUT2D eigenvalue weighted by Crippen LogP contribution is 2.34. The Morgan fingerprint density at radius 3 is 2.59 bits per heavy atom. The lowest BCUT2D eigenvalue weighted by Gasteiger charge is -2.16. The first-order valence-corrected chi connectivity index (χ1v) is 9.00. The topological polar surface area (TPSA) is 175 Å². The van der Waals surface area contributed by atoms with E-state index in [0.717, 1.165) is 5.56 Å². The number of urea groups is 1. The summed E-state index contributed by atoms with van der Waals surface area (Å²) < 4.78 is 27.2. The first-order valence-electron chi connectivity index (χ1n) is 10.5. The summed E-state index contributed by atoms with van der Waals surface area (Å²) in [7, 11) is 1.31. The number of rotatable bonds is 7. The molecule has 0 aliphatic heterocycles. The first-order chi connectivity index (χ1) is 16.6. The standard InChI is InChI=1S/C19H21N9O4/c1-10-4-6-21-13(8-10)25-14-9-12(15(27-26-14)18(29)20-2)23-17-16(32-3)11(5-7-22-17)24-19(30)28-31/h4-9,31H,1-3H3,(H,20,29)(H4,21,22,23,24,25,26,28,30)/i2D3. The number of methoxy groups -OCH3 is 1. The van der Waals surface area contributed by atoms with Crippen LogP contribution in [0.4, 0.5) is 33.6 Å². The molecule has 3 amide bonds. The lowest BCUT2D eigenvalue weighted by Crippen LogP contribution is -2.25. The normalized spacial score (nSPS) is 11.9. The summed E-state index contributed by atoms with van der Waals surface area (Å²) in [5.41, 5.74) is 2.17. The average Bonchev–Trinajstić information content (AvgIpc) is 2.78. The third kappa shape index (κ3) is 5.14. The molecule has 0 aliphatic carbocycles. The molecular weight excluding hydrogens is 418 g/mol. The molecule has 3 aromatic heterocycles. The number of pyridine rings is 2. The van der Waals surface area contributed by atoms with Crippen LogP contribution < -0.4 is 31.5 Å². The highest BCUT2D eigenvalue weighted by atomic mass is 16.5. The van der Waals surface area contributed by atoms with Gasteiger partial charge in [-0.05, 0) is 30.7 Å². The van der Waals surface area contributed by atoms with Crippen LogP contribution in [0, 0.1) is 6.92 Å². The zero-order valence-electron chi connectivity index (χ0n) is 19.9. The fraction of sp³-hybridized carbons (Fsp3) is 0.158. The van der Waals surface area contributed by atoms with Gasteiger partial charge in [-0.25, -0.2) is 20.2 Å². The molecule has 0 spiro atoms. The van der Waals surface area contributed by atoms with Crippen molar-refractivity contribution in [2.45, 2.75) is 6.92 Å². The molecule has 3 heterocycles. The van der Waals surface area contributed by atoms with Crippen molar-refractivity contribution >= 4 is 40.8 Å². The molecule has 0 radical (unpaired) electrons. The first kappa shape index (κ1) is 18.3. The van der Waals surface area contributed by atoms with E-state index in [1.54, 1.807) is 12.3 Å². The van der Waals surface area contributed by atoms with Gasteiger partial charge >= 0.3 is 6.03 Å². The van der Waals surface area contributed by atoms with Crippen molar-refractivity contribution in [1.82, 2.24) is 31.0 Å². The number of carbonyl (C=O) groups is 2. The Bertz CT molecular complexity index is 1240. The molecule has 6 N–H and O–H groups in total. The number of anilines is 5. The van der Waals surface area contributed by atoms with Crippen molar-refractivity contribution in [3.63, 3.8) is 0 Å². The Kier molecular flexibility index (Phi) is 5.70. The fourth-order valence-corrected chi connectivity index (χ4v) is 2.63. The van der Waals surface area contributed by atoms with E-state index in [1.807, 2.05) is 18.3 Å². The Hall–Kier alpha value is -4.52. The van der Waals surface area contributed by atoms with Crippen LogP contribution >= 0.6 is 0 Å². The summed E-state index contributed by atoms with van der Waals surface area (Å²) in [5, 5.41) is 26.6. The molecular formula is C19H21N9O4. The van der Waals surface area contributed by atoms with E-state index < -0.39 is 18.9 Å². The van der Waals surface area contributed by atoms with Gasteiger partial charge in [-0.2, -0.15) is 0 Å². The summed E-state index contributed by atoms with van der Waals surface area (Å²) in [6.07, 6.45) is 2.92.